The van der Waals surface area contributed by atoms with Gasteiger partial charge in [0, 0.05) is 12.1 Å². The molecule has 106 valence electrons. The average molecular weight is 326 g/mol. The SMILES string of the molecule is CC(NC1CCc2ccccc2C1)c1cc(Cl)sc1Cl. The molecule has 0 saturated carbocycles. The highest BCUT2D eigenvalue weighted by molar-refractivity contribution is 7.20. The summed E-state index contributed by atoms with van der Waals surface area (Å²) in [6.45, 7) is 2.16. The number of aryl methyl sites for hydroxylation is 1. The van der Waals surface area contributed by atoms with Crippen LogP contribution >= 0.6 is 34.5 Å². The predicted octanol–water partition coefficient (Wildman–Crippen LogP) is 5.26. The average Bonchev–Trinajstić information content (AvgIpc) is 2.78. The summed E-state index contributed by atoms with van der Waals surface area (Å²) in [6.07, 6.45) is 3.42. The van der Waals surface area contributed by atoms with E-state index >= 15 is 0 Å². The first kappa shape index (κ1) is 14.4. The van der Waals surface area contributed by atoms with E-state index in [2.05, 4.69) is 36.5 Å². The molecule has 4 heteroatoms. The van der Waals surface area contributed by atoms with Crippen molar-refractivity contribution in [3.8, 4) is 0 Å². The highest BCUT2D eigenvalue weighted by Gasteiger charge is 2.21. The first-order valence-corrected chi connectivity index (χ1v) is 8.48. The van der Waals surface area contributed by atoms with E-state index < -0.39 is 0 Å². The summed E-state index contributed by atoms with van der Waals surface area (Å²) < 4.78 is 1.55. The van der Waals surface area contributed by atoms with Gasteiger partial charge < -0.3 is 5.32 Å². The van der Waals surface area contributed by atoms with Crippen molar-refractivity contribution in [2.45, 2.75) is 38.3 Å². The molecule has 1 aromatic heterocycles. The van der Waals surface area contributed by atoms with Crippen LogP contribution in [0.2, 0.25) is 8.67 Å². The maximum atomic E-state index is 6.23. The van der Waals surface area contributed by atoms with Crippen LogP contribution in [0.1, 0.15) is 36.1 Å². The Balaban J connectivity index is 1.69. The van der Waals surface area contributed by atoms with Crippen LogP contribution in [0.25, 0.3) is 0 Å². The number of rotatable bonds is 3. The third-order valence-electron chi connectivity index (χ3n) is 3.98. The Kier molecular flexibility index (Phi) is 4.37. The van der Waals surface area contributed by atoms with Gasteiger partial charge in [-0.2, -0.15) is 0 Å². The van der Waals surface area contributed by atoms with Crippen molar-refractivity contribution in [3.63, 3.8) is 0 Å². The first-order valence-electron chi connectivity index (χ1n) is 6.91. The molecule has 1 aliphatic carbocycles. The van der Waals surface area contributed by atoms with Crippen LogP contribution in [0.3, 0.4) is 0 Å². The number of hydrogen-bond donors (Lipinski definition) is 1. The summed E-state index contributed by atoms with van der Waals surface area (Å²) in [5.74, 6) is 0. The quantitative estimate of drug-likeness (QED) is 0.811. The van der Waals surface area contributed by atoms with Gasteiger partial charge in [-0.1, -0.05) is 47.5 Å². The minimum absolute atomic E-state index is 0.238. The van der Waals surface area contributed by atoms with E-state index in [9.17, 15) is 0 Å². The van der Waals surface area contributed by atoms with E-state index in [4.69, 9.17) is 23.2 Å². The molecule has 1 heterocycles. The Morgan fingerprint density at radius 2 is 2.00 bits per heavy atom. The Bertz CT molecular complexity index is 608. The maximum absolute atomic E-state index is 6.23. The van der Waals surface area contributed by atoms with Gasteiger partial charge in [-0.3, -0.25) is 0 Å². The molecular formula is C16H17Cl2NS. The molecule has 0 bridgehead atoms. The Hall–Kier alpha value is -0.540. The van der Waals surface area contributed by atoms with E-state index in [1.54, 1.807) is 0 Å². The van der Waals surface area contributed by atoms with Crippen molar-refractivity contribution in [1.82, 2.24) is 5.32 Å². The lowest BCUT2D eigenvalue weighted by atomic mass is 9.88. The number of hydrogen-bond acceptors (Lipinski definition) is 2. The van der Waals surface area contributed by atoms with Crippen molar-refractivity contribution in [3.05, 3.63) is 55.7 Å². The number of benzene rings is 1. The standard InChI is InChI=1S/C16H17Cl2NS/c1-10(14-9-15(17)20-16(14)18)19-13-7-6-11-4-2-3-5-12(11)8-13/h2-5,9-10,13,19H,6-8H2,1H3. The fraction of sp³-hybridized carbons (Fsp3) is 0.375. The molecule has 20 heavy (non-hydrogen) atoms. The largest absolute Gasteiger partial charge is 0.307 e. The van der Waals surface area contributed by atoms with Crippen molar-refractivity contribution < 1.29 is 0 Å². The lowest BCUT2D eigenvalue weighted by Crippen LogP contribution is -2.36. The zero-order chi connectivity index (χ0) is 14.1. The molecule has 0 saturated heterocycles. The van der Waals surface area contributed by atoms with Crippen LogP contribution in [-0.2, 0) is 12.8 Å². The molecular weight excluding hydrogens is 309 g/mol. The zero-order valence-electron chi connectivity index (χ0n) is 11.3. The predicted molar refractivity (Wildman–Crippen MR) is 88.1 cm³/mol. The van der Waals surface area contributed by atoms with Crippen LogP contribution in [-0.4, -0.2) is 6.04 Å². The van der Waals surface area contributed by atoms with Gasteiger partial charge in [0.15, 0.2) is 0 Å². The fourth-order valence-corrected chi connectivity index (χ4v) is 4.58. The zero-order valence-corrected chi connectivity index (χ0v) is 13.7. The summed E-state index contributed by atoms with van der Waals surface area (Å²) in [5, 5.41) is 3.69. The molecule has 2 atom stereocenters. The van der Waals surface area contributed by atoms with Crippen LogP contribution in [0.5, 0.6) is 0 Å². The Morgan fingerprint density at radius 3 is 2.70 bits per heavy atom. The molecule has 0 radical (unpaired) electrons. The fourth-order valence-electron chi connectivity index (χ4n) is 2.93. The van der Waals surface area contributed by atoms with Crippen LogP contribution in [0, 0.1) is 0 Å². The summed E-state index contributed by atoms with van der Waals surface area (Å²) in [6, 6.07) is 11.5. The molecule has 0 fully saturated rings. The molecule has 2 aromatic rings. The van der Waals surface area contributed by atoms with E-state index in [0.29, 0.717) is 6.04 Å². The lowest BCUT2D eigenvalue weighted by Gasteiger charge is -2.28. The van der Waals surface area contributed by atoms with E-state index in [1.807, 2.05) is 6.07 Å². The van der Waals surface area contributed by atoms with E-state index in [-0.39, 0.29) is 6.04 Å². The third kappa shape index (κ3) is 3.04. The second-order valence-corrected chi connectivity index (χ2v) is 7.66. The molecule has 0 aliphatic heterocycles. The van der Waals surface area contributed by atoms with E-state index in [1.165, 1.54) is 28.9 Å². The summed E-state index contributed by atoms with van der Waals surface area (Å²) in [7, 11) is 0. The van der Waals surface area contributed by atoms with Gasteiger partial charge >= 0.3 is 0 Å². The second-order valence-electron chi connectivity index (χ2n) is 5.38. The molecule has 1 N–H and O–H groups in total. The molecule has 0 spiro atoms. The Morgan fingerprint density at radius 1 is 1.25 bits per heavy atom. The molecule has 1 aliphatic rings. The summed E-state index contributed by atoms with van der Waals surface area (Å²) in [5.41, 5.74) is 4.08. The van der Waals surface area contributed by atoms with E-state index in [0.717, 1.165) is 27.1 Å². The van der Waals surface area contributed by atoms with Gasteiger partial charge in [0.1, 0.15) is 0 Å². The summed E-state index contributed by atoms with van der Waals surface area (Å²) in [4.78, 5) is 0. The molecule has 1 nitrogen and oxygen atoms in total. The van der Waals surface area contributed by atoms with Crippen molar-refractivity contribution in [1.29, 1.82) is 0 Å². The van der Waals surface area contributed by atoms with Crippen molar-refractivity contribution in [2.75, 3.05) is 0 Å². The maximum Gasteiger partial charge on any atom is 0.0991 e. The number of fused-ring (bicyclic) bond motifs is 1. The summed E-state index contributed by atoms with van der Waals surface area (Å²) >= 11 is 13.7. The van der Waals surface area contributed by atoms with Gasteiger partial charge in [0.25, 0.3) is 0 Å². The minimum Gasteiger partial charge on any atom is -0.307 e. The first-order chi connectivity index (χ1) is 9.63. The molecule has 3 rings (SSSR count). The topological polar surface area (TPSA) is 12.0 Å². The molecule has 1 aromatic carbocycles. The number of thiophene rings is 1. The highest BCUT2D eigenvalue weighted by Crippen LogP contribution is 2.35. The highest BCUT2D eigenvalue weighted by atomic mass is 35.5. The van der Waals surface area contributed by atoms with Crippen LogP contribution in [0.4, 0.5) is 0 Å². The second kappa shape index (κ2) is 6.07. The number of nitrogens with one attached hydrogen (secondary N) is 1. The van der Waals surface area contributed by atoms with Gasteiger partial charge in [-0.15, -0.1) is 11.3 Å². The smallest absolute Gasteiger partial charge is 0.0991 e. The van der Waals surface area contributed by atoms with Gasteiger partial charge in [-0.25, -0.2) is 0 Å². The van der Waals surface area contributed by atoms with Crippen molar-refractivity contribution in [2.24, 2.45) is 0 Å². The Labute approximate surface area is 133 Å². The van der Waals surface area contributed by atoms with Gasteiger partial charge in [-0.05, 0) is 48.9 Å². The third-order valence-corrected chi connectivity index (χ3v) is 5.50. The van der Waals surface area contributed by atoms with Crippen LogP contribution in [0.15, 0.2) is 30.3 Å². The number of halogens is 2. The van der Waals surface area contributed by atoms with Crippen LogP contribution < -0.4 is 5.32 Å². The van der Waals surface area contributed by atoms with Crippen molar-refractivity contribution >= 4 is 34.5 Å². The normalized spacial score (nSPS) is 19.6. The molecule has 2 unspecified atom stereocenters. The lowest BCUT2D eigenvalue weighted by molar-refractivity contribution is 0.414. The minimum atomic E-state index is 0.238. The van der Waals surface area contributed by atoms with Gasteiger partial charge in [0.05, 0.1) is 8.67 Å². The van der Waals surface area contributed by atoms with Gasteiger partial charge in [0.2, 0.25) is 0 Å². The monoisotopic (exact) mass is 325 g/mol. The molecule has 0 amide bonds.